The lowest BCUT2D eigenvalue weighted by Gasteiger charge is -2.42. The first kappa shape index (κ1) is 58.6. The average molecular weight is 927 g/mol. The van der Waals surface area contributed by atoms with Crippen molar-refractivity contribution in [2.24, 2.45) is 0 Å². The molecule has 2 heterocycles. The van der Waals surface area contributed by atoms with Gasteiger partial charge in [0, 0.05) is 12.8 Å². The average Bonchev–Trinajstić information content (AvgIpc) is 3.30. The maximum Gasteiger partial charge on any atom is 0.306 e. The highest BCUT2D eigenvalue weighted by molar-refractivity contribution is 5.70. The van der Waals surface area contributed by atoms with Gasteiger partial charge in [0.05, 0.1) is 19.8 Å². The molecule has 4 unspecified atom stereocenters. The summed E-state index contributed by atoms with van der Waals surface area (Å²) in [6.45, 7) is 2.48. The van der Waals surface area contributed by atoms with Gasteiger partial charge in [-0.2, -0.15) is 0 Å². The van der Waals surface area contributed by atoms with E-state index < -0.39 is 99.3 Å². The largest absolute Gasteiger partial charge is 0.462 e. The van der Waals surface area contributed by atoms with Crippen molar-refractivity contribution in [2.75, 3.05) is 26.4 Å². The number of unbranched alkanes of at least 4 members (excludes halogenated alkanes) is 16. The molecule has 65 heavy (non-hydrogen) atoms. The normalized spacial score (nSPS) is 26.8. The monoisotopic (exact) mass is 927 g/mol. The Morgan fingerprint density at radius 1 is 0.508 bits per heavy atom. The highest BCUT2D eigenvalue weighted by atomic mass is 16.7. The van der Waals surface area contributed by atoms with E-state index in [4.69, 9.17) is 28.4 Å². The second-order valence-corrected chi connectivity index (χ2v) is 17.3. The standard InChI is InChI=1S/C50H86O15/c1-3-5-7-9-11-13-15-17-19-21-23-25-27-29-31-33-42(53)63-38(35-60-41(52)32-30-28-26-24-22-20-18-16-14-12-10-8-6-4-2)36-61-49-48(59)46(57)44(55)40(65-49)37-62-50-47(58)45(56)43(54)39(34-51)64-50/h10,12-13,15-19,38-40,43-51,54-59H,3-9,11,14,20-37H2,1-2H3/b12-10+,15-13+,18-16+,19-17+/t38-,39-,40-,43+,44+,45?,46?,47?,48?,49-,50-/m1/s1. The van der Waals surface area contributed by atoms with Gasteiger partial charge in [-0.25, -0.2) is 0 Å². The molecule has 0 amide bonds. The molecule has 2 fully saturated rings. The highest BCUT2D eigenvalue weighted by Gasteiger charge is 2.47. The molecular formula is C50H86O15. The van der Waals surface area contributed by atoms with E-state index in [1.807, 2.05) is 0 Å². The Kier molecular flexibility index (Phi) is 33.7. The first-order valence-corrected chi connectivity index (χ1v) is 24.7. The van der Waals surface area contributed by atoms with E-state index in [0.717, 1.165) is 83.5 Å². The Hall–Kier alpha value is -2.54. The first-order valence-electron chi connectivity index (χ1n) is 24.7. The second kappa shape index (κ2) is 37.4. The molecule has 2 aliphatic rings. The minimum Gasteiger partial charge on any atom is -0.462 e. The van der Waals surface area contributed by atoms with Crippen molar-refractivity contribution >= 4 is 11.9 Å². The van der Waals surface area contributed by atoms with Crippen LogP contribution in [0.2, 0.25) is 0 Å². The molecule has 15 heteroatoms. The Morgan fingerprint density at radius 2 is 0.985 bits per heavy atom. The molecule has 0 aromatic heterocycles. The molecule has 7 N–H and O–H groups in total. The van der Waals surface area contributed by atoms with Gasteiger partial charge >= 0.3 is 11.9 Å². The van der Waals surface area contributed by atoms with Gasteiger partial charge in [-0.3, -0.25) is 9.59 Å². The lowest BCUT2D eigenvalue weighted by atomic mass is 9.98. The van der Waals surface area contributed by atoms with Crippen LogP contribution in [0.5, 0.6) is 0 Å². The number of carbonyl (C=O) groups is 2. The highest BCUT2D eigenvalue weighted by Crippen LogP contribution is 2.26. The quantitative estimate of drug-likeness (QED) is 0.0157. The number of hydrogen-bond acceptors (Lipinski definition) is 15. The van der Waals surface area contributed by atoms with Gasteiger partial charge in [0.2, 0.25) is 0 Å². The van der Waals surface area contributed by atoms with Crippen molar-refractivity contribution in [1.29, 1.82) is 0 Å². The molecule has 0 aliphatic carbocycles. The predicted octanol–water partition coefficient (Wildman–Crippen LogP) is 6.32. The molecule has 0 spiro atoms. The van der Waals surface area contributed by atoms with Crippen molar-refractivity contribution in [2.45, 2.75) is 229 Å². The van der Waals surface area contributed by atoms with E-state index in [0.29, 0.717) is 12.8 Å². The van der Waals surface area contributed by atoms with E-state index in [-0.39, 0.29) is 19.4 Å². The van der Waals surface area contributed by atoms with Gasteiger partial charge in [0.15, 0.2) is 18.7 Å². The Labute approximate surface area is 388 Å². The summed E-state index contributed by atoms with van der Waals surface area (Å²) in [5.74, 6) is -0.962. The summed E-state index contributed by atoms with van der Waals surface area (Å²) in [6.07, 6.45) is 22.8. The van der Waals surface area contributed by atoms with E-state index in [1.165, 1.54) is 38.5 Å². The van der Waals surface area contributed by atoms with Gasteiger partial charge < -0.3 is 64.2 Å². The van der Waals surface area contributed by atoms with E-state index >= 15 is 0 Å². The maximum atomic E-state index is 13.0. The van der Waals surface area contributed by atoms with Crippen LogP contribution in [0, 0.1) is 0 Å². The number of aliphatic hydroxyl groups is 7. The Bertz CT molecular complexity index is 1320. The SMILES string of the molecule is CCCC/C=C/C/C=C/CCCCCCCC(=O)OC[C@H](CO[C@@H]1O[C@H](CO[C@@H]2O[C@H](CO)[C@H](O)C(O)C2O)[C@H](O)C(O)C1O)OC(=O)CCCCCCC/C=C/C=C/CCCCCC. The second-order valence-electron chi connectivity index (χ2n) is 17.3. The lowest BCUT2D eigenvalue weighted by Crippen LogP contribution is -2.61. The van der Waals surface area contributed by atoms with Crippen LogP contribution in [0.4, 0.5) is 0 Å². The minimum atomic E-state index is -1.77. The van der Waals surface area contributed by atoms with Gasteiger partial charge in [-0.05, 0) is 64.2 Å². The number of hydrogen-bond donors (Lipinski definition) is 7. The van der Waals surface area contributed by atoms with E-state index in [1.54, 1.807) is 0 Å². The molecular weight excluding hydrogens is 841 g/mol. The third kappa shape index (κ3) is 26.0. The molecule has 0 aromatic carbocycles. The summed E-state index contributed by atoms with van der Waals surface area (Å²) in [5, 5.41) is 72.0. The molecule has 376 valence electrons. The van der Waals surface area contributed by atoms with Gasteiger partial charge in [-0.15, -0.1) is 0 Å². The summed E-state index contributed by atoms with van der Waals surface area (Å²) in [5.41, 5.74) is 0. The minimum absolute atomic E-state index is 0.143. The number of rotatable bonds is 37. The molecule has 11 atom stereocenters. The van der Waals surface area contributed by atoms with Crippen LogP contribution >= 0.6 is 0 Å². The van der Waals surface area contributed by atoms with Gasteiger partial charge in [0.25, 0.3) is 0 Å². The summed E-state index contributed by atoms with van der Waals surface area (Å²) in [6, 6.07) is 0. The topological polar surface area (TPSA) is 231 Å². The summed E-state index contributed by atoms with van der Waals surface area (Å²) >= 11 is 0. The lowest BCUT2D eigenvalue weighted by molar-refractivity contribution is -0.332. The Morgan fingerprint density at radius 3 is 1.57 bits per heavy atom. The van der Waals surface area contributed by atoms with Gasteiger partial charge in [-0.1, -0.05) is 133 Å². The first-order chi connectivity index (χ1) is 31.5. The number of carbonyl (C=O) groups excluding carboxylic acids is 2. The van der Waals surface area contributed by atoms with Crippen LogP contribution in [0.1, 0.15) is 162 Å². The molecule has 2 aliphatic heterocycles. The van der Waals surface area contributed by atoms with Crippen LogP contribution in [-0.2, 0) is 38.0 Å². The van der Waals surface area contributed by atoms with Crippen LogP contribution in [-0.4, -0.2) is 142 Å². The number of allylic oxidation sites excluding steroid dienone is 8. The summed E-state index contributed by atoms with van der Waals surface area (Å²) < 4.78 is 33.5. The third-order valence-electron chi connectivity index (χ3n) is 11.6. The molecule has 0 aromatic rings. The van der Waals surface area contributed by atoms with E-state index in [9.17, 15) is 45.3 Å². The zero-order valence-electron chi connectivity index (χ0n) is 39.5. The molecule has 0 bridgehead atoms. The van der Waals surface area contributed by atoms with Crippen molar-refractivity contribution < 1.29 is 73.8 Å². The molecule has 2 rings (SSSR count). The maximum absolute atomic E-state index is 13.0. The Balaban J connectivity index is 1.85. The number of aliphatic hydroxyl groups excluding tert-OH is 7. The smallest absolute Gasteiger partial charge is 0.306 e. The van der Waals surface area contributed by atoms with E-state index in [2.05, 4.69) is 62.5 Å². The number of esters is 2. The van der Waals surface area contributed by atoms with Crippen LogP contribution in [0.3, 0.4) is 0 Å². The fourth-order valence-electron chi connectivity index (χ4n) is 7.40. The zero-order valence-corrected chi connectivity index (χ0v) is 39.5. The third-order valence-corrected chi connectivity index (χ3v) is 11.6. The zero-order chi connectivity index (χ0) is 47.5. The van der Waals surface area contributed by atoms with Crippen molar-refractivity contribution in [3.63, 3.8) is 0 Å². The van der Waals surface area contributed by atoms with Crippen molar-refractivity contribution in [1.82, 2.24) is 0 Å². The van der Waals surface area contributed by atoms with Crippen LogP contribution in [0.25, 0.3) is 0 Å². The summed E-state index contributed by atoms with van der Waals surface area (Å²) in [4.78, 5) is 25.7. The van der Waals surface area contributed by atoms with Crippen molar-refractivity contribution in [3.8, 4) is 0 Å². The molecule has 15 nitrogen and oxygen atoms in total. The predicted molar refractivity (Wildman–Crippen MR) is 247 cm³/mol. The van der Waals surface area contributed by atoms with Crippen molar-refractivity contribution in [3.05, 3.63) is 48.6 Å². The molecule has 2 saturated heterocycles. The van der Waals surface area contributed by atoms with Crippen LogP contribution in [0.15, 0.2) is 48.6 Å². The fraction of sp³-hybridized carbons (Fsp3) is 0.800. The fourth-order valence-corrected chi connectivity index (χ4v) is 7.40. The molecule has 0 saturated carbocycles. The number of ether oxygens (including phenoxy) is 6. The van der Waals surface area contributed by atoms with Gasteiger partial charge in [0.1, 0.15) is 55.4 Å². The molecule has 0 radical (unpaired) electrons. The summed E-state index contributed by atoms with van der Waals surface area (Å²) in [7, 11) is 0. The van der Waals surface area contributed by atoms with Crippen LogP contribution < -0.4 is 0 Å².